The van der Waals surface area contributed by atoms with Gasteiger partial charge in [-0.25, -0.2) is 0 Å². The van der Waals surface area contributed by atoms with E-state index in [1.54, 1.807) is 18.2 Å². The third-order valence-electron chi connectivity index (χ3n) is 3.10. The first-order valence-electron chi connectivity index (χ1n) is 6.67. The topological polar surface area (TPSA) is 86.6 Å². The molecule has 0 aromatic heterocycles. The number of carbonyl (C=O) groups excluding carboxylic acids is 1. The number of aromatic hydroxyl groups is 1. The van der Waals surface area contributed by atoms with Crippen molar-refractivity contribution in [1.82, 2.24) is 5.32 Å². The zero-order chi connectivity index (χ0) is 15.1. The fourth-order valence-electron chi connectivity index (χ4n) is 1.89. The Morgan fingerprint density at radius 2 is 2.00 bits per heavy atom. The van der Waals surface area contributed by atoms with Crippen LogP contribution >= 0.6 is 0 Å². The minimum Gasteiger partial charge on any atom is -0.508 e. The fourth-order valence-corrected chi connectivity index (χ4v) is 1.89. The number of benzene rings is 1. The van der Waals surface area contributed by atoms with Crippen LogP contribution in [0.4, 0.5) is 0 Å². The first-order chi connectivity index (χ1) is 9.38. The van der Waals surface area contributed by atoms with Crippen LogP contribution in [-0.2, 0) is 16.0 Å². The second-order valence-corrected chi connectivity index (χ2v) is 5.19. The number of phenols is 1. The SMILES string of the molecule is CC(C)[C@H](CC(=O)O)NC(=O)CCc1cccc(O)c1. The van der Waals surface area contributed by atoms with Crippen molar-refractivity contribution in [3.63, 3.8) is 0 Å². The molecular weight excluding hydrogens is 258 g/mol. The summed E-state index contributed by atoms with van der Waals surface area (Å²) in [6.07, 6.45) is 0.708. The highest BCUT2D eigenvalue weighted by Gasteiger charge is 2.19. The number of hydrogen-bond acceptors (Lipinski definition) is 3. The van der Waals surface area contributed by atoms with Gasteiger partial charge in [-0.15, -0.1) is 0 Å². The number of carboxylic acid groups (broad SMARTS) is 1. The van der Waals surface area contributed by atoms with Gasteiger partial charge in [-0.2, -0.15) is 0 Å². The summed E-state index contributed by atoms with van der Waals surface area (Å²) < 4.78 is 0. The highest BCUT2D eigenvalue weighted by molar-refractivity contribution is 5.77. The molecule has 5 nitrogen and oxygen atoms in total. The van der Waals surface area contributed by atoms with E-state index >= 15 is 0 Å². The van der Waals surface area contributed by atoms with Gasteiger partial charge in [0, 0.05) is 12.5 Å². The second-order valence-electron chi connectivity index (χ2n) is 5.19. The number of nitrogens with one attached hydrogen (secondary N) is 1. The molecule has 20 heavy (non-hydrogen) atoms. The van der Waals surface area contributed by atoms with Crippen LogP contribution in [0.3, 0.4) is 0 Å². The van der Waals surface area contributed by atoms with Crippen LogP contribution in [0.15, 0.2) is 24.3 Å². The lowest BCUT2D eigenvalue weighted by molar-refractivity contribution is -0.138. The van der Waals surface area contributed by atoms with Gasteiger partial charge >= 0.3 is 5.97 Å². The molecular formula is C15H21NO4. The Kier molecular flexibility index (Phi) is 6.03. The largest absolute Gasteiger partial charge is 0.508 e. The maximum Gasteiger partial charge on any atom is 0.305 e. The maximum atomic E-state index is 11.8. The van der Waals surface area contributed by atoms with Crippen LogP contribution in [0.5, 0.6) is 5.75 Å². The molecule has 0 spiro atoms. The van der Waals surface area contributed by atoms with E-state index in [4.69, 9.17) is 5.11 Å². The van der Waals surface area contributed by atoms with Crippen molar-refractivity contribution in [2.45, 2.75) is 39.2 Å². The average Bonchev–Trinajstić information content (AvgIpc) is 2.35. The molecule has 0 saturated heterocycles. The third-order valence-corrected chi connectivity index (χ3v) is 3.10. The molecule has 0 aliphatic heterocycles. The Balaban J connectivity index is 2.47. The van der Waals surface area contributed by atoms with Crippen LogP contribution in [0.25, 0.3) is 0 Å². The van der Waals surface area contributed by atoms with E-state index < -0.39 is 5.97 Å². The van der Waals surface area contributed by atoms with Gasteiger partial charge in [-0.3, -0.25) is 9.59 Å². The molecule has 0 aliphatic rings. The zero-order valence-electron chi connectivity index (χ0n) is 11.8. The van der Waals surface area contributed by atoms with Crippen LogP contribution in [0.2, 0.25) is 0 Å². The molecule has 1 amide bonds. The molecule has 1 aromatic rings. The maximum absolute atomic E-state index is 11.8. The summed E-state index contributed by atoms with van der Waals surface area (Å²) in [5.74, 6) is -0.852. The minimum absolute atomic E-state index is 0.0656. The molecule has 1 atom stereocenters. The van der Waals surface area contributed by atoms with E-state index in [9.17, 15) is 14.7 Å². The molecule has 0 aliphatic carbocycles. The molecule has 0 unspecified atom stereocenters. The van der Waals surface area contributed by atoms with Crippen molar-refractivity contribution < 1.29 is 19.8 Å². The molecule has 0 saturated carbocycles. The Labute approximate surface area is 118 Å². The molecule has 0 radical (unpaired) electrons. The van der Waals surface area contributed by atoms with Crippen LogP contribution < -0.4 is 5.32 Å². The van der Waals surface area contributed by atoms with Gasteiger partial charge in [-0.1, -0.05) is 26.0 Å². The van der Waals surface area contributed by atoms with E-state index in [1.165, 1.54) is 0 Å². The van der Waals surface area contributed by atoms with Gasteiger partial charge in [0.1, 0.15) is 5.75 Å². The van der Waals surface area contributed by atoms with Crippen molar-refractivity contribution in [2.75, 3.05) is 0 Å². The Morgan fingerprint density at radius 1 is 1.30 bits per heavy atom. The van der Waals surface area contributed by atoms with E-state index in [0.717, 1.165) is 5.56 Å². The lowest BCUT2D eigenvalue weighted by Crippen LogP contribution is -2.40. The number of hydrogen-bond donors (Lipinski definition) is 3. The van der Waals surface area contributed by atoms with Crippen molar-refractivity contribution in [3.05, 3.63) is 29.8 Å². The summed E-state index contributed by atoms with van der Waals surface area (Å²) >= 11 is 0. The first-order valence-corrected chi connectivity index (χ1v) is 6.67. The Morgan fingerprint density at radius 3 is 2.55 bits per heavy atom. The predicted molar refractivity (Wildman–Crippen MR) is 75.4 cm³/mol. The number of phenolic OH excluding ortho intramolecular Hbond substituents is 1. The van der Waals surface area contributed by atoms with Crippen LogP contribution in [0.1, 0.15) is 32.3 Å². The second kappa shape index (κ2) is 7.53. The van der Waals surface area contributed by atoms with Crippen molar-refractivity contribution in [3.8, 4) is 5.75 Å². The normalized spacial score (nSPS) is 12.2. The van der Waals surface area contributed by atoms with Crippen LogP contribution in [0, 0.1) is 5.92 Å². The lowest BCUT2D eigenvalue weighted by Gasteiger charge is -2.20. The first kappa shape index (κ1) is 16.0. The molecule has 3 N–H and O–H groups in total. The monoisotopic (exact) mass is 279 g/mol. The number of rotatable bonds is 7. The highest BCUT2D eigenvalue weighted by Crippen LogP contribution is 2.13. The summed E-state index contributed by atoms with van der Waals surface area (Å²) in [5.41, 5.74) is 0.875. The number of aliphatic carboxylic acids is 1. The smallest absolute Gasteiger partial charge is 0.305 e. The lowest BCUT2D eigenvalue weighted by atomic mass is 10.0. The van der Waals surface area contributed by atoms with Gasteiger partial charge in [0.05, 0.1) is 6.42 Å². The van der Waals surface area contributed by atoms with Crippen molar-refractivity contribution >= 4 is 11.9 Å². The zero-order valence-corrected chi connectivity index (χ0v) is 11.8. The number of carboxylic acids is 1. The third kappa shape index (κ3) is 5.73. The predicted octanol–water partition coefficient (Wildman–Crippen LogP) is 1.94. The molecule has 0 bridgehead atoms. The summed E-state index contributed by atoms with van der Waals surface area (Å²) in [5, 5.41) is 20.9. The molecule has 110 valence electrons. The van der Waals surface area contributed by atoms with E-state index in [1.807, 2.05) is 19.9 Å². The van der Waals surface area contributed by atoms with Crippen LogP contribution in [-0.4, -0.2) is 28.1 Å². The van der Waals surface area contributed by atoms with Crippen molar-refractivity contribution in [2.24, 2.45) is 5.92 Å². The quantitative estimate of drug-likeness (QED) is 0.712. The molecule has 1 aromatic carbocycles. The van der Waals surface area contributed by atoms with E-state index in [2.05, 4.69) is 5.32 Å². The molecule has 0 heterocycles. The summed E-state index contributed by atoms with van der Waals surface area (Å²) in [6.45, 7) is 3.76. The average molecular weight is 279 g/mol. The number of aryl methyl sites for hydroxylation is 1. The Bertz CT molecular complexity index is 471. The molecule has 5 heteroatoms. The van der Waals surface area contributed by atoms with Crippen molar-refractivity contribution in [1.29, 1.82) is 0 Å². The molecule has 0 fully saturated rings. The summed E-state index contributed by atoms with van der Waals surface area (Å²) in [4.78, 5) is 22.6. The number of amides is 1. The van der Waals surface area contributed by atoms with Gasteiger partial charge in [0.25, 0.3) is 0 Å². The van der Waals surface area contributed by atoms with Gasteiger partial charge in [0.15, 0.2) is 0 Å². The fraction of sp³-hybridized carbons (Fsp3) is 0.467. The van der Waals surface area contributed by atoms with E-state index in [-0.39, 0.29) is 36.5 Å². The van der Waals surface area contributed by atoms with Gasteiger partial charge in [-0.05, 0) is 30.0 Å². The van der Waals surface area contributed by atoms with Gasteiger partial charge < -0.3 is 15.5 Å². The standard InChI is InChI=1S/C15H21NO4/c1-10(2)13(9-15(19)20)16-14(18)7-6-11-4-3-5-12(17)8-11/h3-5,8,10,13,17H,6-7,9H2,1-2H3,(H,16,18)(H,19,20)/t13-/m0/s1. The highest BCUT2D eigenvalue weighted by atomic mass is 16.4. The number of carbonyl (C=O) groups is 2. The molecule has 1 rings (SSSR count). The van der Waals surface area contributed by atoms with E-state index in [0.29, 0.717) is 6.42 Å². The van der Waals surface area contributed by atoms with Gasteiger partial charge in [0.2, 0.25) is 5.91 Å². The Hall–Kier alpha value is -2.04. The summed E-state index contributed by atoms with van der Waals surface area (Å²) in [6, 6.07) is 6.40. The minimum atomic E-state index is -0.919. The summed E-state index contributed by atoms with van der Waals surface area (Å²) in [7, 11) is 0.